The van der Waals surface area contributed by atoms with E-state index in [1.807, 2.05) is 0 Å². The van der Waals surface area contributed by atoms with Gasteiger partial charge in [0.05, 0.1) is 0 Å². The van der Waals surface area contributed by atoms with Crippen molar-refractivity contribution in [2.45, 2.75) is 34.2 Å². The van der Waals surface area contributed by atoms with Crippen LogP contribution < -0.4 is 11.2 Å². The minimum Gasteiger partial charge on any atom is -0.340 e. The molecule has 0 aromatic carbocycles. The Bertz CT molecular complexity index is 644. The first-order valence-corrected chi connectivity index (χ1v) is 8.56. The number of carbonyl (C=O) groups is 1. The fraction of sp³-hybridized carbons (Fsp3) is 0.706. The van der Waals surface area contributed by atoms with Crippen LogP contribution in [0.3, 0.4) is 0 Å². The number of hydrogen-bond acceptors (Lipinski definition) is 4. The molecule has 0 aliphatic carbocycles. The van der Waals surface area contributed by atoms with E-state index in [4.69, 9.17) is 0 Å². The fourth-order valence-corrected chi connectivity index (χ4v) is 2.54. The Kier molecular flexibility index (Phi) is 7.91. The first-order chi connectivity index (χ1) is 11.3. The van der Waals surface area contributed by atoms with Gasteiger partial charge >= 0.3 is 5.69 Å². The van der Waals surface area contributed by atoms with Crippen LogP contribution in [0, 0.1) is 5.92 Å². The Labute approximate surface area is 143 Å². The highest BCUT2D eigenvalue weighted by molar-refractivity contribution is 5.76. The molecule has 1 aromatic rings. The van der Waals surface area contributed by atoms with E-state index in [0.29, 0.717) is 19.0 Å². The van der Waals surface area contributed by atoms with E-state index in [0.717, 1.165) is 24.2 Å². The number of carbonyl (C=O) groups excluding carboxylic acids is 1. The molecular weight excluding hydrogens is 308 g/mol. The largest absolute Gasteiger partial charge is 0.340 e. The minimum atomic E-state index is -0.468. The van der Waals surface area contributed by atoms with Gasteiger partial charge in [-0.15, -0.1) is 0 Å². The number of aromatic nitrogens is 2. The third-order valence-corrected chi connectivity index (χ3v) is 4.08. The zero-order valence-corrected chi connectivity index (χ0v) is 15.5. The lowest BCUT2D eigenvalue weighted by Gasteiger charge is -2.28. The predicted octanol–water partition coefficient (Wildman–Crippen LogP) is 0.373. The molecule has 1 aromatic heterocycles. The molecule has 7 heteroatoms. The van der Waals surface area contributed by atoms with Gasteiger partial charge in [0.25, 0.3) is 5.56 Å². The quantitative estimate of drug-likeness (QED) is 0.653. The van der Waals surface area contributed by atoms with Crippen LogP contribution >= 0.6 is 0 Å². The van der Waals surface area contributed by atoms with E-state index >= 15 is 0 Å². The van der Waals surface area contributed by atoms with E-state index in [1.165, 1.54) is 23.9 Å². The SMILES string of the molecule is CCN(CC)CCN(CC(C)C)C(=O)Cn1ccc(=O)n(C)c1=O. The highest BCUT2D eigenvalue weighted by Crippen LogP contribution is 2.02. The topological polar surface area (TPSA) is 67.5 Å². The van der Waals surface area contributed by atoms with Crippen molar-refractivity contribution in [3.8, 4) is 0 Å². The van der Waals surface area contributed by atoms with Gasteiger partial charge in [-0.05, 0) is 19.0 Å². The highest BCUT2D eigenvalue weighted by atomic mass is 16.2. The van der Waals surface area contributed by atoms with Crippen molar-refractivity contribution in [2.75, 3.05) is 32.7 Å². The van der Waals surface area contributed by atoms with Gasteiger partial charge in [-0.3, -0.25) is 18.7 Å². The van der Waals surface area contributed by atoms with Crippen LogP contribution in [0.1, 0.15) is 27.7 Å². The molecule has 0 saturated heterocycles. The van der Waals surface area contributed by atoms with Gasteiger partial charge in [-0.25, -0.2) is 4.79 Å². The van der Waals surface area contributed by atoms with Crippen LogP contribution in [0.4, 0.5) is 0 Å². The Balaban J connectivity index is 2.86. The summed E-state index contributed by atoms with van der Waals surface area (Å²) in [7, 11) is 1.41. The first kappa shape index (κ1) is 20.2. The normalized spacial score (nSPS) is 11.3. The van der Waals surface area contributed by atoms with Gasteiger partial charge in [0, 0.05) is 38.9 Å². The molecule has 0 aliphatic rings. The molecular formula is C17H30N4O3. The number of hydrogen-bond donors (Lipinski definition) is 0. The van der Waals surface area contributed by atoms with Crippen LogP contribution in [0.5, 0.6) is 0 Å². The van der Waals surface area contributed by atoms with Gasteiger partial charge < -0.3 is 9.80 Å². The van der Waals surface area contributed by atoms with Crippen molar-refractivity contribution < 1.29 is 4.79 Å². The number of nitrogens with zero attached hydrogens (tertiary/aromatic N) is 4. The van der Waals surface area contributed by atoms with Crippen LogP contribution in [0.25, 0.3) is 0 Å². The number of rotatable bonds is 9. The van der Waals surface area contributed by atoms with Crippen molar-refractivity contribution in [3.63, 3.8) is 0 Å². The monoisotopic (exact) mass is 338 g/mol. The standard InChI is InChI=1S/C17H30N4O3/c1-6-19(7-2)10-11-20(12-14(3)4)16(23)13-21-9-8-15(22)18(5)17(21)24/h8-9,14H,6-7,10-13H2,1-5H3. The molecule has 1 amide bonds. The maximum atomic E-state index is 12.6. The van der Waals surface area contributed by atoms with Crippen LogP contribution in [0.2, 0.25) is 0 Å². The molecule has 0 saturated carbocycles. The molecule has 0 radical (unpaired) electrons. The molecule has 1 heterocycles. The second kappa shape index (κ2) is 9.42. The highest BCUT2D eigenvalue weighted by Gasteiger charge is 2.17. The molecule has 0 N–H and O–H groups in total. The van der Waals surface area contributed by atoms with E-state index in [-0.39, 0.29) is 18.0 Å². The third-order valence-electron chi connectivity index (χ3n) is 4.08. The third kappa shape index (κ3) is 5.63. The summed E-state index contributed by atoms with van der Waals surface area (Å²) in [4.78, 5) is 40.2. The maximum Gasteiger partial charge on any atom is 0.331 e. The van der Waals surface area contributed by atoms with Crippen molar-refractivity contribution in [2.24, 2.45) is 13.0 Å². The van der Waals surface area contributed by atoms with Crippen molar-refractivity contribution in [1.29, 1.82) is 0 Å². The molecule has 0 unspecified atom stereocenters. The summed E-state index contributed by atoms with van der Waals surface area (Å²) in [5.41, 5.74) is -0.839. The number of likely N-dealkylation sites (N-methyl/N-ethyl adjacent to an activating group) is 1. The van der Waals surface area contributed by atoms with Crippen molar-refractivity contribution in [3.05, 3.63) is 33.1 Å². The molecule has 0 spiro atoms. The van der Waals surface area contributed by atoms with Crippen molar-refractivity contribution >= 4 is 5.91 Å². The summed E-state index contributed by atoms with van der Waals surface area (Å²) in [6.45, 7) is 12.3. The molecule has 136 valence electrons. The second-order valence-corrected chi connectivity index (χ2v) is 6.38. The van der Waals surface area contributed by atoms with Gasteiger partial charge in [-0.2, -0.15) is 0 Å². The lowest BCUT2D eigenvalue weighted by atomic mass is 10.2. The van der Waals surface area contributed by atoms with Gasteiger partial charge in [0.15, 0.2) is 0 Å². The van der Waals surface area contributed by atoms with Crippen molar-refractivity contribution in [1.82, 2.24) is 18.9 Å². The summed E-state index contributed by atoms with van der Waals surface area (Å²) in [6.07, 6.45) is 1.39. The average Bonchev–Trinajstić information content (AvgIpc) is 2.54. The molecule has 0 bridgehead atoms. The summed E-state index contributed by atoms with van der Waals surface area (Å²) in [5.74, 6) is 0.249. The lowest BCUT2D eigenvalue weighted by molar-refractivity contribution is -0.132. The fourth-order valence-electron chi connectivity index (χ4n) is 2.54. The van der Waals surface area contributed by atoms with E-state index in [9.17, 15) is 14.4 Å². The zero-order valence-electron chi connectivity index (χ0n) is 15.5. The van der Waals surface area contributed by atoms with Gasteiger partial charge in [0.1, 0.15) is 6.54 Å². The lowest BCUT2D eigenvalue weighted by Crippen LogP contribution is -2.44. The summed E-state index contributed by atoms with van der Waals surface area (Å²) in [5, 5.41) is 0. The molecule has 1 rings (SSSR count). The molecule has 24 heavy (non-hydrogen) atoms. The predicted molar refractivity (Wildman–Crippen MR) is 95.1 cm³/mol. The second-order valence-electron chi connectivity index (χ2n) is 6.38. The van der Waals surface area contributed by atoms with Crippen LogP contribution in [0.15, 0.2) is 21.9 Å². The van der Waals surface area contributed by atoms with E-state index in [2.05, 4.69) is 32.6 Å². The molecule has 0 atom stereocenters. The van der Waals surface area contributed by atoms with Gasteiger partial charge in [-0.1, -0.05) is 27.7 Å². The van der Waals surface area contributed by atoms with Crippen LogP contribution in [-0.2, 0) is 18.4 Å². The Hall–Kier alpha value is -1.89. The van der Waals surface area contributed by atoms with E-state index < -0.39 is 5.69 Å². The molecule has 7 nitrogen and oxygen atoms in total. The van der Waals surface area contributed by atoms with Gasteiger partial charge in [0.2, 0.25) is 5.91 Å². The Morgan fingerprint density at radius 1 is 1.17 bits per heavy atom. The minimum absolute atomic E-state index is 0.0437. The van der Waals surface area contributed by atoms with Crippen LogP contribution in [-0.4, -0.2) is 57.6 Å². The number of amides is 1. The Morgan fingerprint density at radius 3 is 2.33 bits per heavy atom. The zero-order chi connectivity index (χ0) is 18.3. The Morgan fingerprint density at radius 2 is 1.79 bits per heavy atom. The average molecular weight is 338 g/mol. The summed E-state index contributed by atoms with van der Waals surface area (Å²) < 4.78 is 2.30. The van der Waals surface area contributed by atoms with E-state index in [1.54, 1.807) is 4.90 Å². The maximum absolute atomic E-state index is 12.6. The first-order valence-electron chi connectivity index (χ1n) is 8.56. The smallest absolute Gasteiger partial charge is 0.331 e. The molecule has 0 fully saturated rings. The summed E-state index contributed by atoms with van der Waals surface area (Å²) >= 11 is 0. The molecule has 0 aliphatic heterocycles. The summed E-state index contributed by atoms with van der Waals surface area (Å²) in [6, 6.07) is 1.30.